The molecular formula is C11H22N2O2. The normalized spacial score (nSPS) is 26.2. The highest BCUT2D eigenvalue weighted by Crippen LogP contribution is 2.26. The summed E-state index contributed by atoms with van der Waals surface area (Å²) in [4.78, 5) is 10.3. The Labute approximate surface area is 91.5 Å². The molecule has 15 heavy (non-hydrogen) atoms. The van der Waals surface area contributed by atoms with Crippen LogP contribution in [-0.4, -0.2) is 25.3 Å². The van der Waals surface area contributed by atoms with Crippen LogP contribution in [0.1, 0.15) is 39.0 Å². The molecule has 3 N–H and O–H groups in total. The van der Waals surface area contributed by atoms with Crippen molar-refractivity contribution in [3.63, 3.8) is 0 Å². The third-order valence-corrected chi connectivity index (χ3v) is 3.20. The fourth-order valence-electron chi connectivity index (χ4n) is 2.19. The summed E-state index contributed by atoms with van der Waals surface area (Å²) in [5.41, 5.74) is 4.86. The minimum absolute atomic E-state index is 0.378. The number of amides is 1. The Morgan fingerprint density at radius 1 is 1.40 bits per heavy atom. The molecule has 1 aliphatic rings. The standard InChI is InChI=1S/C11H22N2O2/c1-2-9-3-5-10(6-4-9)13-7-8-15-11(12)14/h9-10,13H,2-8H2,1H3,(H2,12,14). The van der Waals surface area contributed by atoms with Crippen molar-refractivity contribution in [3.05, 3.63) is 0 Å². The van der Waals surface area contributed by atoms with Gasteiger partial charge in [-0.25, -0.2) is 4.79 Å². The lowest BCUT2D eigenvalue weighted by Gasteiger charge is -2.28. The smallest absolute Gasteiger partial charge is 0.404 e. The van der Waals surface area contributed by atoms with Gasteiger partial charge in [0, 0.05) is 12.6 Å². The lowest BCUT2D eigenvalue weighted by Crippen LogP contribution is -2.35. The molecule has 0 spiro atoms. The Morgan fingerprint density at radius 2 is 2.07 bits per heavy atom. The Hall–Kier alpha value is -0.770. The van der Waals surface area contributed by atoms with Crippen molar-refractivity contribution in [1.29, 1.82) is 0 Å². The van der Waals surface area contributed by atoms with Crippen molar-refractivity contribution in [2.75, 3.05) is 13.2 Å². The summed E-state index contributed by atoms with van der Waals surface area (Å²) in [6.45, 7) is 3.35. The molecule has 0 saturated heterocycles. The average Bonchev–Trinajstić information content (AvgIpc) is 2.25. The predicted octanol–water partition coefficient (Wildman–Crippen LogP) is 1.64. The van der Waals surface area contributed by atoms with Crippen molar-refractivity contribution in [2.45, 2.75) is 45.1 Å². The Bertz CT molecular complexity index is 189. The number of rotatable bonds is 5. The number of hydrogen-bond acceptors (Lipinski definition) is 3. The van der Waals surface area contributed by atoms with Crippen molar-refractivity contribution in [1.82, 2.24) is 5.32 Å². The van der Waals surface area contributed by atoms with Gasteiger partial charge in [0.15, 0.2) is 0 Å². The number of nitrogens with one attached hydrogen (secondary N) is 1. The minimum atomic E-state index is -0.688. The molecule has 0 aromatic rings. The van der Waals surface area contributed by atoms with Crippen LogP contribution in [0, 0.1) is 5.92 Å². The molecule has 0 aliphatic heterocycles. The molecule has 4 nitrogen and oxygen atoms in total. The van der Waals surface area contributed by atoms with Gasteiger partial charge in [-0.3, -0.25) is 0 Å². The summed E-state index contributed by atoms with van der Waals surface area (Å²) in [6.07, 6.45) is 5.75. The van der Waals surface area contributed by atoms with E-state index in [2.05, 4.69) is 17.0 Å². The highest BCUT2D eigenvalue weighted by atomic mass is 16.5. The van der Waals surface area contributed by atoms with Gasteiger partial charge in [-0.1, -0.05) is 13.3 Å². The first-order valence-corrected chi connectivity index (χ1v) is 5.88. The third kappa shape index (κ3) is 5.02. The summed E-state index contributed by atoms with van der Waals surface area (Å²) < 4.78 is 4.65. The molecule has 1 amide bonds. The topological polar surface area (TPSA) is 64.3 Å². The first-order valence-electron chi connectivity index (χ1n) is 5.88. The number of ether oxygens (including phenoxy) is 1. The molecule has 88 valence electrons. The van der Waals surface area contributed by atoms with Crippen LogP contribution in [0.3, 0.4) is 0 Å². The van der Waals surface area contributed by atoms with E-state index in [9.17, 15) is 4.79 Å². The maximum atomic E-state index is 10.3. The van der Waals surface area contributed by atoms with Crippen LogP contribution in [-0.2, 0) is 4.74 Å². The monoisotopic (exact) mass is 214 g/mol. The van der Waals surface area contributed by atoms with E-state index in [0.717, 1.165) is 5.92 Å². The van der Waals surface area contributed by atoms with Gasteiger partial charge in [-0.05, 0) is 31.6 Å². The SMILES string of the molecule is CCC1CCC(NCCOC(N)=O)CC1. The van der Waals surface area contributed by atoms with Crippen LogP contribution in [0.25, 0.3) is 0 Å². The summed E-state index contributed by atoms with van der Waals surface area (Å²) in [6, 6.07) is 0.601. The number of carbonyl (C=O) groups excluding carboxylic acids is 1. The van der Waals surface area contributed by atoms with Gasteiger partial charge in [-0.2, -0.15) is 0 Å². The van der Waals surface area contributed by atoms with Crippen molar-refractivity contribution >= 4 is 6.09 Å². The molecule has 0 bridgehead atoms. The summed E-state index contributed by atoms with van der Waals surface area (Å²) in [5.74, 6) is 0.921. The van der Waals surface area contributed by atoms with Gasteiger partial charge in [0.05, 0.1) is 0 Å². The minimum Gasteiger partial charge on any atom is -0.448 e. The Morgan fingerprint density at radius 3 is 2.60 bits per heavy atom. The molecule has 0 aromatic heterocycles. The van der Waals surface area contributed by atoms with Crippen LogP contribution in [0.15, 0.2) is 0 Å². The van der Waals surface area contributed by atoms with Gasteiger partial charge >= 0.3 is 6.09 Å². The molecule has 1 fully saturated rings. The molecule has 1 saturated carbocycles. The second-order valence-electron chi connectivity index (χ2n) is 4.25. The van der Waals surface area contributed by atoms with Crippen molar-refractivity contribution < 1.29 is 9.53 Å². The van der Waals surface area contributed by atoms with Crippen LogP contribution < -0.4 is 11.1 Å². The zero-order chi connectivity index (χ0) is 11.1. The number of carbonyl (C=O) groups is 1. The molecule has 0 atom stereocenters. The van der Waals surface area contributed by atoms with Gasteiger partial charge in [0.2, 0.25) is 0 Å². The van der Waals surface area contributed by atoms with Crippen molar-refractivity contribution in [3.8, 4) is 0 Å². The van der Waals surface area contributed by atoms with E-state index in [1.807, 2.05) is 0 Å². The van der Waals surface area contributed by atoms with Gasteiger partial charge in [-0.15, -0.1) is 0 Å². The predicted molar refractivity (Wildman–Crippen MR) is 59.6 cm³/mol. The van der Waals surface area contributed by atoms with E-state index < -0.39 is 6.09 Å². The van der Waals surface area contributed by atoms with Gasteiger partial charge in [0.25, 0.3) is 0 Å². The quantitative estimate of drug-likeness (QED) is 0.684. The highest BCUT2D eigenvalue weighted by Gasteiger charge is 2.18. The molecule has 4 heteroatoms. The van der Waals surface area contributed by atoms with Crippen LogP contribution in [0.2, 0.25) is 0 Å². The van der Waals surface area contributed by atoms with E-state index in [-0.39, 0.29) is 0 Å². The molecule has 0 radical (unpaired) electrons. The maximum absolute atomic E-state index is 10.3. The molecule has 1 rings (SSSR count). The van der Waals surface area contributed by atoms with E-state index in [0.29, 0.717) is 19.2 Å². The molecule has 1 aliphatic carbocycles. The number of nitrogens with two attached hydrogens (primary N) is 1. The van der Waals surface area contributed by atoms with E-state index >= 15 is 0 Å². The second kappa shape index (κ2) is 6.67. The van der Waals surface area contributed by atoms with Crippen LogP contribution >= 0.6 is 0 Å². The molecule has 0 heterocycles. The third-order valence-electron chi connectivity index (χ3n) is 3.20. The van der Waals surface area contributed by atoms with E-state index in [4.69, 9.17) is 5.73 Å². The largest absolute Gasteiger partial charge is 0.448 e. The summed E-state index contributed by atoms with van der Waals surface area (Å²) >= 11 is 0. The fraction of sp³-hybridized carbons (Fsp3) is 0.909. The fourth-order valence-corrected chi connectivity index (χ4v) is 2.19. The second-order valence-corrected chi connectivity index (χ2v) is 4.25. The summed E-state index contributed by atoms with van der Waals surface area (Å²) in [5, 5.41) is 3.39. The van der Waals surface area contributed by atoms with Gasteiger partial charge < -0.3 is 15.8 Å². The summed E-state index contributed by atoms with van der Waals surface area (Å²) in [7, 11) is 0. The number of primary amides is 1. The van der Waals surface area contributed by atoms with Crippen molar-refractivity contribution in [2.24, 2.45) is 11.7 Å². The van der Waals surface area contributed by atoms with Crippen LogP contribution in [0.5, 0.6) is 0 Å². The van der Waals surface area contributed by atoms with Crippen LogP contribution in [0.4, 0.5) is 4.79 Å². The maximum Gasteiger partial charge on any atom is 0.404 e. The Balaban J connectivity index is 2.01. The average molecular weight is 214 g/mol. The van der Waals surface area contributed by atoms with E-state index in [1.165, 1.54) is 32.1 Å². The molecule has 0 unspecified atom stereocenters. The Kier molecular flexibility index (Phi) is 5.47. The van der Waals surface area contributed by atoms with Gasteiger partial charge in [0.1, 0.15) is 6.61 Å². The lowest BCUT2D eigenvalue weighted by molar-refractivity contribution is 0.154. The number of hydrogen-bond donors (Lipinski definition) is 2. The molecule has 0 aromatic carbocycles. The molecular weight excluding hydrogens is 192 g/mol. The zero-order valence-corrected chi connectivity index (χ0v) is 9.50. The first-order chi connectivity index (χ1) is 7.22. The first kappa shape index (κ1) is 12.3. The lowest BCUT2D eigenvalue weighted by atomic mass is 9.84. The highest BCUT2D eigenvalue weighted by molar-refractivity contribution is 5.64. The van der Waals surface area contributed by atoms with E-state index in [1.54, 1.807) is 0 Å². The zero-order valence-electron chi connectivity index (χ0n) is 9.50.